The quantitative estimate of drug-likeness (QED) is 0.674. The first-order chi connectivity index (χ1) is 7.80. The number of carbonyl (C=O) groups is 1. The SMILES string of the molecule is O=C1C=C(c2ccccc2)C2(CCCO2)O1. The topological polar surface area (TPSA) is 35.5 Å². The number of rotatable bonds is 1. The van der Waals surface area contributed by atoms with Crippen molar-refractivity contribution in [1.29, 1.82) is 0 Å². The molecule has 2 aliphatic heterocycles. The van der Waals surface area contributed by atoms with Crippen LogP contribution in [0.2, 0.25) is 0 Å². The van der Waals surface area contributed by atoms with Gasteiger partial charge < -0.3 is 9.47 Å². The number of esters is 1. The molecule has 3 heteroatoms. The van der Waals surface area contributed by atoms with E-state index in [1.54, 1.807) is 6.08 Å². The molecule has 2 heterocycles. The predicted octanol–water partition coefficient (Wildman–Crippen LogP) is 2.13. The van der Waals surface area contributed by atoms with E-state index in [-0.39, 0.29) is 5.97 Å². The molecule has 1 atom stereocenters. The summed E-state index contributed by atoms with van der Waals surface area (Å²) in [4.78, 5) is 11.4. The van der Waals surface area contributed by atoms with Gasteiger partial charge in [-0.3, -0.25) is 0 Å². The van der Waals surface area contributed by atoms with Crippen LogP contribution < -0.4 is 0 Å². The smallest absolute Gasteiger partial charge is 0.334 e. The Morgan fingerprint density at radius 3 is 2.69 bits per heavy atom. The van der Waals surface area contributed by atoms with Gasteiger partial charge in [-0.2, -0.15) is 0 Å². The summed E-state index contributed by atoms with van der Waals surface area (Å²) in [5.41, 5.74) is 1.85. The first-order valence-corrected chi connectivity index (χ1v) is 5.45. The van der Waals surface area contributed by atoms with Crippen molar-refractivity contribution < 1.29 is 14.3 Å². The van der Waals surface area contributed by atoms with E-state index in [0.717, 1.165) is 24.0 Å². The zero-order chi connectivity index (χ0) is 11.0. The lowest BCUT2D eigenvalue weighted by atomic mass is 9.96. The molecule has 2 aliphatic rings. The van der Waals surface area contributed by atoms with Gasteiger partial charge in [0.25, 0.3) is 0 Å². The number of carbonyl (C=O) groups excluding carboxylic acids is 1. The lowest BCUT2D eigenvalue weighted by molar-refractivity contribution is -0.178. The molecule has 1 aromatic carbocycles. The Labute approximate surface area is 93.7 Å². The van der Waals surface area contributed by atoms with Crippen molar-refractivity contribution in [1.82, 2.24) is 0 Å². The fraction of sp³-hybridized carbons (Fsp3) is 0.308. The van der Waals surface area contributed by atoms with E-state index in [1.807, 2.05) is 30.3 Å². The van der Waals surface area contributed by atoms with Crippen molar-refractivity contribution in [2.75, 3.05) is 6.61 Å². The minimum Gasteiger partial charge on any atom is -0.425 e. The van der Waals surface area contributed by atoms with Crippen LogP contribution in [-0.2, 0) is 14.3 Å². The summed E-state index contributed by atoms with van der Waals surface area (Å²) in [5, 5.41) is 0. The first-order valence-electron chi connectivity index (χ1n) is 5.45. The molecule has 0 N–H and O–H groups in total. The molecule has 1 spiro atoms. The number of benzene rings is 1. The summed E-state index contributed by atoms with van der Waals surface area (Å²) < 4.78 is 11.0. The Balaban J connectivity index is 2.05. The van der Waals surface area contributed by atoms with Crippen LogP contribution in [0.5, 0.6) is 0 Å². The minimum absolute atomic E-state index is 0.305. The molecule has 3 rings (SSSR count). The normalized spacial score (nSPS) is 28.2. The van der Waals surface area contributed by atoms with Crippen molar-refractivity contribution >= 4 is 11.5 Å². The fourth-order valence-electron chi connectivity index (χ4n) is 2.30. The second-order valence-corrected chi connectivity index (χ2v) is 4.05. The average Bonchev–Trinajstić information content (AvgIpc) is 2.89. The van der Waals surface area contributed by atoms with E-state index in [4.69, 9.17) is 9.47 Å². The van der Waals surface area contributed by atoms with Gasteiger partial charge >= 0.3 is 5.97 Å². The summed E-state index contributed by atoms with van der Waals surface area (Å²) in [6, 6.07) is 9.78. The van der Waals surface area contributed by atoms with Gasteiger partial charge in [0.05, 0.1) is 6.61 Å². The molecule has 1 fully saturated rings. The van der Waals surface area contributed by atoms with Crippen molar-refractivity contribution in [3.05, 3.63) is 42.0 Å². The maximum absolute atomic E-state index is 11.4. The van der Waals surface area contributed by atoms with Crippen LogP contribution in [0.1, 0.15) is 18.4 Å². The molecule has 82 valence electrons. The van der Waals surface area contributed by atoms with Gasteiger partial charge in [-0.1, -0.05) is 30.3 Å². The van der Waals surface area contributed by atoms with Crippen LogP contribution in [0.25, 0.3) is 5.57 Å². The highest BCUT2D eigenvalue weighted by Crippen LogP contribution is 2.43. The predicted molar refractivity (Wildman–Crippen MR) is 58.4 cm³/mol. The van der Waals surface area contributed by atoms with Crippen molar-refractivity contribution in [3.8, 4) is 0 Å². The minimum atomic E-state index is -0.807. The molecular formula is C13H12O3. The Morgan fingerprint density at radius 2 is 2.00 bits per heavy atom. The van der Waals surface area contributed by atoms with Crippen molar-refractivity contribution in [2.24, 2.45) is 0 Å². The van der Waals surface area contributed by atoms with Crippen molar-refractivity contribution in [2.45, 2.75) is 18.6 Å². The lowest BCUT2D eigenvalue weighted by Crippen LogP contribution is -2.30. The van der Waals surface area contributed by atoms with E-state index in [0.29, 0.717) is 6.61 Å². The largest absolute Gasteiger partial charge is 0.425 e. The number of ether oxygens (including phenoxy) is 2. The number of hydrogen-bond donors (Lipinski definition) is 0. The van der Waals surface area contributed by atoms with E-state index >= 15 is 0 Å². The third-order valence-electron chi connectivity index (χ3n) is 3.01. The maximum atomic E-state index is 11.4. The molecule has 0 aliphatic carbocycles. The van der Waals surface area contributed by atoms with Gasteiger partial charge in [-0.25, -0.2) is 4.79 Å². The molecule has 1 aromatic rings. The molecule has 0 saturated carbocycles. The van der Waals surface area contributed by atoms with Crippen LogP contribution >= 0.6 is 0 Å². The first kappa shape index (κ1) is 9.60. The van der Waals surface area contributed by atoms with Crippen LogP contribution in [0.15, 0.2) is 36.4 Å². The second kappa shape index (κ2) is 3.46. The van der Waals surface area contributed by atoms with Gasteiger partial charge in [0.1, 0.15) is 0 Å². The summed E-state index contributed by atoms with van der Waals surface area (Å²) in [7, 11) is 0. The molecule has 1 saturated heterocycles. The molecule has 0 radical (unpaired) electrons. The van der Waals surface area contributed by atoms with Crippen LogP contribution in [0, 0.1) is 0 Å². The van der Waals surface area contributed by atoms with Crippen LogP contribution in [0.4, 0.5) is 0 Å². The Bertz CT molecular complexity index is 442. The fourth-order valence-corrected chi connectivity index (χ4v) is 2.30. The second-order valence-electron chi connectivity index (χ2n) is 4.05. The maximum Gasteiger partial charge on any atom is 0.334 e. The van der Waals surface area contributed by atoms with Gasteiger partial charge in [-0.15, -0.1) is 0 Å². The van der Waals surface area contributed by atoms with Crippen LogP contribution in [0.3, 0.4) is 0 Å². The highest BCUT2D eigenvalue weighted by molar-refractivity contribution is 5.98. The van der Waals surface area contributed by atoms with E-state index < -0.39 is 5.79 Å². The summed E-state index contributed by atoms with van der Waals surface area (Å²) in [5.74, 6) is -1.11. The van der Waals surface area contributed by atoms with Gasteiger partial charge in [0.15, 0.2) is 0 Å². The van der Waals surface area contributed by atoms with Gasteiger partial charge in [0.2, 0.25) is 5.79 Å². The standard InChI is InChI=1S/C13H12O3/c14-12-9-11(10-5-2-1-3-6-10)13(16-12)7-4-8-15-13/h1-3,5-6,9H,4,7-8H2. The zero-order valence-corrected chi connectivity index (χ0v) is 8.81. The van der Waals surface area contributed by atoms with Gasteiger partial charge in [0, 0.05) is 18.1 Å². The van der Waals surface area contributed by atoms with E-state index in [2.05, 4.69) is 0 Å². The molecule has 1 unspecified atom stereocenters. The van der Waals surface area contributed by atoms with Gasteiger partial charge in [-0.05, 0) is 12.0 Å². The zero-order valence-electron chi connectivity index (χ0n) is 8.81. The van der Waals surface area contributed by atoms with E-state index in [9.17, 15) is 4.79 Å². The van der Waals surface area contributed by atoms with Crippen molar-refractivity contribution in [3.63, 3.8) is 0 Å². The summed E-state index contributed by atoms with van der Waals surface area (Å²) >= 11 is 0. The van der Waals surface area contributed by atoms with Crippen LogP contribution in [-0.4, -0.2) is 18.4 Å². The molecular weight excluding hydrogens is 204 g/mol. The Kier molecular flexibility index (Phi) is 2.07. The average molecular weight is 216 g/mol. The molecule has 16 heavy (non-hydrogen) atoms. The molecule has 0 bridgehead atoms. The Hall–Kier alpha value is -1.61. The number of hydrogen-bond acceptors (Lipinski definition) is 3. The lowest BCUT2D eigenvalue weighted by Gasteiger charge is -2.25. The summed E-state index contributed by atoms with van der Waals surface area (Å²) in [6.45, 7) is 0.650. The Morgan fingerprint density at radius 1 is 1.19 bits per heavy atom. The third kappa shape index (κ3) is 1.36. The summed E-state index contributed by atoms with van der Waals surface area (Å²) in [6.07, 6.45) is 3.22. The molecule has 3 nitrogen and oxygen atoms in total. The van der Waals surface area contributed by atoms with E-state index in [1.165, 1.54) is 0 Å². The highest BCUT2D eigenvalue weighted by atomic mass is 16.7. The molecule has 0 aromatic heterocycles. The monoisotopic (exact) mass is 216 g/mol. The highest BCUT2D eigenvalue weighted by Gasteiger charge is 2.47. The third-order valence-corrected chi connectivity index (χ3v) is 3.01. The molecule has 0 amide bonds.